The zero-order valence-electron chi connectivity index (χ0n) is 12.6. The Balaban J connectivity index is 2.21. The molecule has 1 aliphatic heterocycles. The lowest BCUT2D eigenvalue weighted by atomic mass is 9.72. The van der Waals surface area contributed by atoms with Crippen molar-refractivity contribution in [1.82, 2.24) is 0 Å². The first kappa shape index (κ1) is 16.4. The Bertz CT molecular complexity index is 499. The van der Waals surface area contributed by atoms with Gasteiger partial charge in [0.1, 0.15) is 18.5 Å². The zero-order valence-corrected chi connectivity index (χ0v) is 12.6. The molecule has 5 atom stereocenters. The highest BCUT2D eigenvalue weighted by atomic mass is 16.6. The highest BCUT2D eigenvalue weighted by molar-refractivity contribution is 5.89. The molecule has 0 unspecified atom stereocenters. The Hall–Kier alpha value is -1.96. The number of carbonyl (C=O) groups is 4. The van der Waals surface area contributed by atoms with Gasteiger partial charge in [0, 0.05) is 27.2 Å². The van der Waals surface area contributed by atoms with E-state index < -0.39 is 48.2 Å². The van der Waals surface area contributed by atoms with Gasteiger partial charge in [-0.15, -0.1) is 0 Å². The van der Waals surface area contributed by atoms with Crippen molar-refractivity contribution in [1.29, 1.82) is 0 Å². The van der Waals surface area contributed by atoms with Gasteiger partial charge in [-0.05, 0) is 0 Å². The molecular weight excluding hydrogens is 296 g/mol. The monoisotopic (exact) mass is 314 g/mol. The number of esters is 3. The molecule has 0 aromatic carbocycles. The van der Waals surface area contributed by atoms with E-state index >= 15 is 0 Å². The predicted octanol–water partition coefficient (Wildman–Crippen LogP) is -0.231. The van der Waals surface area contributed by atoms with Gasteiger partial charge < -0.3 is 18.9 Å². The molecule has 0 radical (unpaired) electrons. The molecule has 1 saturated carbocycles. The third kappa shape index (κ3) is 3.44. The van der Waals surface area contributed by atoms with Gasteiger partial charge in [0.05, 0.1) is 12.0 Å². The van der Waals surface area contributed by atoms with E-state index in [4.69, 9.17) is 18.9 Å². The first-order valence-electron chi connectivity index (χ1n) is 6.95. The number of hydrogen-bond donors (Lipinski definition) is 0. The summed E-state index contributed by atoms with van der Waals surface area (Å²) in [5.74, 6) is -2.47. The average Bonchev–Trinajstić information content (AvgIpc) is 2.37. The zero-order chi connectivity index (χ0) is 16.4. The van der Waals surface area contributed by atoms with Crippen molar-refractivity contribution in [2.75, 3.05) is 6.61 Å². The molecule has 8 heteroatoms. The molecule has 22 heavy (non-hydrogen) atoms. The van der Waals surface area contributed by atoms with Crippen LogP contribution in [0.25, 0.3) is 0 Å². The van der Waals surface area contributed by atoms with Crippen molar-refractivity contribution in [2.24, 2.45) is 5.92 Å². The van der Waals surface area contributed by atoms with Gasteiger partial charge in [-0.1, -0.05) is 0 Å². The molecule has 2 fully saturated rings. The quantitative estimate of drug-likeness (QED) is 0.517. The van der Waals surface area contributed by atoms with Crippen molar-refractivity contribution >= 4 is 23.7 Å². The van der Waals surface area contributed by atoms with Gasteiger partial charge in [0.25, 0.3) is 0 Å². The molecule has 0 aromatic heterocycles. The highest BCUT2D eigenvalue weighted by Crippen LogP contribution is 2.40. The fraction of sp³-hybridized carbons (Fsp3) is 0.714. The summed E-state index contributed by atoms with van der Waals surface area (Å²) in [6, 6.07) is 0. The summed E-state index contributed by atoms with van der Waals surface area (Å²) in [6.45, 7) is 3.49. The molecule has 2 rings (SSSR count). The van der Waals surface area contributed by atoms with Crippen molar-refractivity contribution in [3.05, 3.63) is 0 Å². The fourth-order valence-electron chi connectivity index (χ4n) is 2.75. The molecule has 1 heterocycles. The normalized spacial score (nSPS) is 33.2. The fourth-order valence-corrected chi connectivity index (χ4v) is 2.75. The van der Waals surface area contributed by atoms with Gasteiger partial charge >= 0.3 is 17.9 Å². The average molecular weight is 314 g/mol. The molecule has 0 N–H and O–H groups in total. The number of rotatable bonds is 4. The minimum Gasteiger partial charge on any atom is -0.463 e. The van der Waals surface area contributed by atoms with E-state index in [2.05, 4.69) is 0 Å². The summed E-state index contributed by atoms with van der Waals surface area (Å²) in [4.78, 5) is 45.3. The van der Waals surface area contributed by atoms with E-state index in [1.54, 1.807) is 0 Å². The van der Waals surface area contributed by atoms with E-state index in [9.17, 15) is 19.2 Å². The van der Waals surface area contributed by atoms with Crippen molar-refractivity contribution in [3.63, 3.8) is 0 Å². The molecule has 0 spiro atoms. The molecule has 1 aliphatic carbocycles. The second-order valence-corrected chi connectivity index (χ2v) is 5.36. The summed E-state index contributed by atoms with van der Waals surface area (Å²) < 4.78 is 20.9. The van der Waals surface area contributed by atoms with Crippen LogP contribution >= 0.6 is 0 Å². The lowest BCUT2D eigenvalue weighted by Crippen LogP contribution is -2.65. The maximum absolute atomic E-state index is 11.8. The largest absolute Gasteiger partial charge is 0.463 e. The second kappa shape index (κ2) is 6.43. The number of ether oxygens (including phenoxy) is 4. The Morgan fingerprint density at radius 1 is 1.05 bits per heavy atom. The Labute approximate surface area is 127 Å². The van der Waals surface area contributed by atoms with Crippen LogP contribution in [-0.4, -0.2) is 54.7 Å². The second-order valence-electron chi connectivity index (χ2n) is 5.36. The SMILES string of the molecule is CC(=O)OC[C@H]1O[C@@H]2CC(=O)[C@@H]2[C@@H](OC(C)=O)[C@H]1OC(C)=O. The molecule has 8 nitrogen and oxygen atoms in total. The van der Waals surface area contributed by atoms with Crippen LogP contribution in [0.5, 0.6) is 0 Å². The minimum absolute atomic E-state index is 0.112. The van der Waals surface area contributed by atoms with Crippen LogP contribution in [0.3, 0.4) is 0 Å². The summed E-state index contributed by atoms with van der Waals surface area (Å²) in [7, 11) is 0. The third-order valence-electron chi connectivity index (χ3n) is 3.62. The highest BCUT2D eigenvalue weighted by Gasteiger charge is 2.58. The predicted molar refractivity (Wildman–Crippen MR) is 69.5 cm³/mol. The Morgan fingerprint density at radius 2 is 1.64 bits per heavy atom. The summed E-state index contributed by atoms with van der Waals surface area (Å²) >= 11 is 0. The summed E-state index contributed by atoms with van der Waals surface area (Å²) in [6.07, 6.45) is -2.94. The molecule has 122 valence electrons. The van der Waals surface area contributed by atoms with Crippen LogP contribution in [0.4, 0.5) is 0 Å². The Morgan fingerprint density at radius 3 is 2.14 bits per heavy atom. The molecular formula is C14H18O8. The lowest BCUT2D eigenvalue weighted by molar-refractivity contribution is -0.245. The van der Waals surface area contributed by atoms with E-state index in [0.29, 0.717) is 0 Å². The van der Waals surface area contributed by atoms with Gasteiger partial charge in [0.15, 0.2) is 12.2 Å². The van der Waals surface area contributed by atoms with Crippen molar-refractivity contribution in [3.8, 4) is 0 Å². The first-order chi connectivity index (χ1) is 10.3. The van der Waals surface area contributed by atoms with Crippen LogP contribution in [0.2, 0.25) is 0 Å². The third-order valence-corrected chi connectivity index (χ3v) is 3.62. The topological polar surface area (TPSA) is 105 Å². The van der Waals surface area contributed by atoms with Crippen LogP contribution in [0.1, 0.15) is 27.2 Å². The lowest BCUT2D eigenvalue weighted by Gasteiger charge is -2.49. The molecule has 1 saturated heterocycles. The summed E-state index contributed by atoms with van der Waals surface area (Å²) in [5, 5.41) is 0. The van der Waals surface area contributed by atoms with Crippen molar-refractivity contribution < 1.29 is 38.1 Å². The first-order valence-corrected chi connectivity index (χ1v) is 6.95. The maximum Gasteiger partial charge on any atom is 0.303 e. The van der Waals surface area contributed by atoms with Gasteiger partial charge in [-0.25, -0.2) is 0 Å². The number of Topliss-reactive ketones (excluding diaryl/α,β-unsaturated/α-hetero) is 1. The van der Waals surface area contributed by atoms with Crippen LogP contribution in [0.15, 0.2) is 0 Å². The Kier molecular flexibility index (Phi) is 4.80. The molecule has 0 aromatic rings. The van der Waals surface area contributed by atoms with Crippen LogP contribution < -0.4 is 0 Å². The van der Waals surface area contributed by atoms with Gasteiger partial charge in [-0.3, -0.25) is 19.2 Å². The molecule has 0 amide bonds. The van der Waals surface area contributed by atoms with Gasteiger partial charge in [0.2, 0.25) is 0 Å². The number of hydrogen-bond acceptors (Lipinski definition) is 8. The maximum atomic E-state index is 11.8. The smallest absolute Gasteiger partial charge is 0.303 e. The molecule has 2 aliphatic rings. The van der Waals surface area contributed by atoms with E-state index in [1.807, 2.05) is 0 Å². The standard InChI is InChI=1S/C14H18O8/c1-6(15)19-5-11-13(20-7(2)16)14(21-8(3)17)12-9(18)4-10(12)22-11/h10-14H,4-5H2,1-3H3/t10-,11-,12+,13+,14-/m1/s1. The van der Waals surface area contributed by atoms with E-state index in [0.717, 1.165) is 0 Å². The van der Waals surface area contributed by atoms with Crippen LogP contribution in [0, 0.1) is 5.92 Å². The summed E-state index contributed by atoms with van der Waals surface area (Å²) in [5.41, 5.74) is 0. The minimum atomic E-state index is -0.994. The number of ketones is 1. The van der Waals surface area contributed by atoms with Crippen molar-refractivity contribution in [2.45, 2.75) is 51.6 Å². The van der Waals surface area contributed by atoms with Crippen LogP contribution in [-0.2, 0) is 38.1 Å². The number of carbonyl (C=O) groups excluding carboxylic acids is 4. The molecule has 0 bridgehead atoms. The van der Waals surface area contributed by atoms with Gasteiger partial charge in [-0.2, -0.15) is 0 Å². The van der Waals surface area contributed by atoms with E-state index in [1.165, 1.54) is 20.8 Å². The number of fused-ring (bicyclic) bond motifs is 1. The van der Waals surface area contributed by atoms with E-state index in [-0.39, 0.29) is 18.8 Å².